The van der Waals surface area contributed by atoms with Crippen LogP contribution in [0.3, 0.4) is 0 Å². The molecule has 1 atom stereocenters. The van der Waals surface area contributed by atoms with Gasteiger partial charge in [0, 0.05) is 6.54 Å². The van der Waals surface area contributed by atoms with Crippen molar-refractivity contribution in [3.8, 4) is 6.07 Å². The van der Waals surface area contributed by atoms with Gasteiger partial charge in [0.1, 0.15) is 12.5 Å². The molecule has 0 aromatic carbocycles. The Morgan fingerprint density at radius 2 is 2.00 bits per heavy atom. The second-order valence-corrected chi connectivity index (χ2v) is 6.45. The summed E-state index contributed by atoms with van der Waals surface area (Å²) >= 11 is 0. The first kappa shape index (κ1) is 16.5. The molecule has 1 saturated carbocycles. The summed E-state index contributed by atoms with van der Waals surface area (Å²) in [6, 6.07) is 1.22. The zero-order valence-electron chi connectivity index (χ0n) is 12.8. The van der Waals surface area contributed by atoms with E-state index >= 15 is 0 Å². The van der Waals surface area contributed by atoms with Crippen molar-refractivity contribution in [3.63, 3.8) is 0 Å². The Morgan fingerprint density at radius 3 is 2.40 bits per heavy atom. The lowest BCUT2D eigenvalue weighted by molar-refractivity contribution is -0.157. The zero-order valence-corrected chi connectivity index (χ0v) is 12.8. The van der Waals surface area contributed by atoms with Gasteiger partial charge in [-0.2, -0.15) is 5.26 Å². The highest BCUT2D eigenvalue weighted by Gasteiger charge is 2.40. The van der Waals surface area contributed by atoms with E-state index in [-0.39, 0.29) is 12.3 Å². The van der Waals surface area contributed by atoms with Crippen LogP contribution in [-0.4, -0.2) is 36.5 Å². The van der Waals surface area contributed by atoms with Crippen molar-refractivity contribution in [1.29, 1.82) is 5.26 Å². The summed E-state index contributed by atoms with van der Waals surface area (Å²) in [6.07, 6.45) is 3.08. The van der Waals surface area contributed by atoms with Gasteiger partial charge in [0.2, 0.25) is 5.91 Å². The van der Waals surface area contributed by atoms with Gasteiger partial charge in [0.25, 0.3) is 0 Å². The molecule has 0 N–H and O–H groups in total. The average molecular weight is 280 g/mol. The third-order valence-electron chi connectivity index (χ3n) is 3.58. The predicted molar refractivity (Wildman–Crippen MR) is 74.5 cm³/mol. The third-order valence-corrected chi connectivity index (χ3v) is 3.58. The van der Waals surface area contributed by atoms with E-state index in [0.29, 0.717) is 12.5 Å². The number of nitriles is 1. The Labute approximate surface area is 120 Å². The van der Waals surface area contributed by atoms with Gasteiger partial charge in [-0.05, 0) is 17.8 Å². The van der Waals surface area contributed by atoms with Gasteiger partial charge in [-0.1, -0.05) is 33.6 Å². The number of hydrogen-bond acceptors (Lipinski definition) is 4. The highest BCUT2D eigenvalue weighted by atomic mass is 16.5. The molecule has 0 aromatic heterocycles. The fourth-order valence-corrected chi connectivity index (χ4v) is 2.36. The van der Waals surface area contributed by atoms with E-state index in [1.165, 1.54) is 24.9 Å². The van der Waals surface area contributed by atoms with Crippen LogP contribution in [0.25, 0.3) is 0 Å². The maximum Gasteiger partial charge on any atom is 0.329 e. The molecule has 0 unspecified atom stereocenters. The fraction of sp³-hybridized carbons (Fsp3) is 0.800. The average Bonchev–Trinajstić information content (AvgIpc) is 3.16. The minimum atomic E-state index is -0.646. The number of methoxy groups -OCH3 is 1. The van der Waals surface area contributed by atoms with Crippen LogP contribution in [-0.2, 0) is 14.3 Å². The molecular weight excluding hydrogens is 256 g/mol. The zero-order chi connectivity index (χ0) is 15.3. The SMILES string of the molecule is COC(=O)[C@@H](N(CCC1CC1)C(=O)CC#N)C(C)(C)C. The summed E-state index contributed by atoms with van der Waals surface area (Å²) < 4.78 is 4.85. The van der Waals surface area contributed by atoms with Crippen LogP contribution in [0.15, 0.2) is 0 Å². The number of nitrogens with zero attached hydrogens (tertiary/aromatic N) is 2. The summed E-state index contributed by atoms with van der Waals surface area (Å²) in [5.41, 5.74) is -0.429. The molecule has 0 radical (unpaired) electrons. The molecule has 5 nitrogen and oxygen atoms in total. The number of hydrogen-bond donors (Lipinski definition) is 0. The van der Waals surface area contributed by atoms with E-state index in [0.717, 1.165) is 6.42 Å². The van der Waals surface area contributed by atoms with Crippen molar-refractivity contribution in [1.82, 2.24) is 4.90 Å². The molecule has 0 heterocycles. The van der Waals surface area contributed by atoms with Gasteiger partial charge < -0.3 is 9.64 Å². The van der Waals surface area contributed by atoms with E-state index in [1.807, 2.05) is 26.8 Å². The lowest BCUT2D eigenvalue weighted by atomic mass is 9.85. The number of carbonyl (C=O) groups excluding carboxylic acids is 2. The van der Waals surface area contributed by atoms with Gasteiger partial charge in [-0.15, -0.1) is 0 Å². The van der Waals surface area contributed by atoms with Gasteiger partial charge in [0.15, 0.2) is 0 Å². The van der Waals surface area contributed by atoms with E-state index in [4.69, 9.17) is 10.00 Å². The Morgan fingerprint density at radius 1 is 1.40 bits per heavy atom. The summed E-state index contributed by atoms with van der Waals surface area (Å²) in [4.78, 5) is 25.8. The minimum absolute atomic E-state index is 0.200. The molecular formula is C15H24N2O3. The number of esters is 1. The molecule has 1 fully saturated rings. The Hall–Kier alpha value is -1.57. The van der Waals surface area contributed by atoms with Crippen LogP contribution in [0.1, 0.15) is 46.5 Å². The highest BCUT2D eigenvalue weighted by Crippen LogP contribution is 2.34. The van der Waals surface area contributed by atoms with Gasteiger partial charge in [0.05, 0.1) is 13.2 Å². The molecule has 1 rings (SSSR count). The van der Waals surface area contributed by atoms with E-state index in [2.05, 4.69) is 0 Å². The van der Waals surface area contributed by atoms with Gasteiger partial charge >= 0.3 is 5.97 Å². The van der Waals surface area contributed by atoms with Crippen LogP contribution in [0.5, 0.6) is 0 Å². The molecule has 20 heavy (non-hydrogen) atoms. The predicted octanol–water partition coefficient (Wildman–Crippen LogP) is 2.12. The second kappa shape index (κ2) is 6.74. The number of amides is 1. The highest BCUT2D eigenvalue weighted by molar-refractivity contribution is 5.86. The maximum atomic E-state index is 12.2. The van der Waals surface area contributed by atoms with Crippen molar-refractivity contribution >= 4 is 11.9 Å². The van der Waals surface area contributed by atoms with Crippen LogP contribution in [0, 0.1) is 22.7 Å². The van der Waals surface area contributed by atoms with Crippen LogP contribution < -0.4 is 0 Å². The molecule has 1 aliphatic carbocycles. The van der Waals surface area contributed by atoms with Gasteiger partial charge in [-0.3, -0.25) is 4.79 Å². The van der Waals surface area contributed by atoms with Crippen molar-refractivity contribution in [3.05, 3.63) is 0 Å². The quantitative estimate of drug-likeness (QED) is 0.699. The summed E-state index contributed by atoms with van der Waals surface area (Å²) in [5.74, 6) is -0.0521. The number of rotatable bonds is 6. The Bertz CT molecular complexity index is 402. The third kappa shape index (κ3) is 4.52. The normalized spacial score (nSPS) is 16.1. The van der Waals surface area contributed by atoms with E-state index in [9.17, 15) is 9.59 Å². The molecule has 0 aromatic rings. The van der Waals surface area contributed by atoms with E-state index < -0.39 is 17.4 Å². The molecule has 0 bridgehead atoms. The second-order valence-electron chi connectivity index (χ2n) is 6.45. The van der Waals surface area contributed by atoms with Crippen LogP contribution >= 0.6 is 0 Å². The first-order valence-corrected chi connectivity index (χ1v) is 7.05. The largest absolute Gasteiger partial charge is 0.467 e. The van der Waals surface area contributed by atoms with Crippen LogP contribution in [0.2, 0.25) is 0 Å². The Kier molecular flexibility index (Phi) is 5.55. The van der Waals surface area contributed by atoms with Crippen molar-refractivity contribution in [2.75, 3.05) is 13.7 Å². The molecule has 112 valence electrons. The molecule has 5 heteroatoms. The monoisotopic (exact) mass is 280 g/mol. The fourth-order valence-electron chi connectivity index (χ4n) is 2.36. The Balaban J connectivity index is 2.92. The standard InChI is InChI=1S/C15H24N2O3/c1-15(2,3)13(14(19)20-4)17(12(18)7-9-16)10-8-11-5-6-11/h11,13H,5-8,10H2,1-4H3/t13-/m1/s1. The smallest absolute Gasteiger partial charge is 0.329 e. The van der Waals surface area contributed by atoms with Crippen molar-refractivity contribution in [2.45, 2.75) is 52.5 Å². The summed E-state index contributed by atoms with van der Waals surface area (Å²) in [6.45, 7) is 6.22. The lowest BCUT2D eigenvalue weighted by Crippen LogP contribution is -2.52. The van der Waals surface area contributed by atoms with E-state index in [1.54, 1.807) is 0 Å². The first-order valence-electron chi connectivity index (χ1n) is 7.05. The topological polar surface area (TPSA) is 70.4 Å². The molecule has 0 saturated heterocycles. The molecule has 0 spiro atoms. The lowest BCUT2D eigenvalue weighted by Gasteiger charge is -2.37. The number of ether oxygens (including phenoxy) is 1. The summed E-state index contributed by atoms with van der Waals surface area (Å²) in [7, 11) is 1.33. The van der Waals surface area contributed by atoms with Crippen molar-refractivity contribution < 1.29 is 14.3 Å². The minimum Gasteiger partial charge on any atom is -0.467 e. The first-order chi connectivity index (χ1) is 9.31. The summed E-state index contributed by atoms with van der Waals surface area (Å²) in [5, 5.41) is 8.74. The maximum absolute atomic E-state index is 12.2. The number of carbonyl (C=O) groups is 2. The molecule has 1 amide bonds. The molecule has 1 aliphatic rings. The van der Waals surface area contributed by atoms with Crippen molar-refractivity contribution in [2.24, 2.45) is 11.3 Å². The molecule has 0 aliphatic heterocycles. The van der Waals surface area contributed by atoms with Gasteiger partial charge in [-0.25, -0.2) is 4.79 Å². The van der Waals surface area contributed by atoms with Crippen LogP contribution in [0.4, 0.5) is 0 Å².